The van der Waals surface area contributed by atoms with Gasteiger partial charge >= 0.3 is 0 Å². The van der Waals surface area contributed by atoms with E-state index in [0.717, 1.165) is 5.56 Å². The summed E-state index contributed by atoms with van der Waals surface area (Å²) in [5.41, 5.74) is 7.77. The summed E-state index contributed by atoms with van der Waals surface area (Å²) in [6.45, 7) is -0.132. The van der Waals surface area contributed by atoms with Crippen molar-refractivity contribution >= 4 is 23.2 Å². The zero-order valence-electron chi connectivity index (χ0n) is 9.64. The Morgan fingerprint density at radius 3 is 3.06 bits per heavy atom. The van der Waals surface area contributed by atoms with Crippen LogP contribution in [-0.2, 0) is 16.0 Å². The molecule has 1 aliphatic heterocycles. The van der Waals surface area contributed by atoms with Gasteiger partial charge < -0.3 is 16.0 Å². The van der Waals surface area contributed by atoms with Gasteiger partial charge in [-0.1, -0.05) is 0 Å². The molecular weight excluding hydrogens is 232 g/mol. The molecule has 0 fully saturated rings. The maximum absolute atomic E-state index is 11.8. The molecule has 1 aromatic rings. The molecule has 6 heteroatoms. The summed E-state index contributed by atoms with van der Waals surface area (Å²) < 4.78 is 0. The highest BCUT2D eigenvalue weighted by Crippen LogP contribution is 2.29. The first-order chi connectivity index (χ1) is 8.61. The van der Waals surface area contributed by atoms with E-state index in [0.29, 0.717) is 11.4 Å². The number of nitrogens with two attached hydrogens (primary N) is 1. The van der Waals surface area contributed by atoms with Crippen molar-refractivity contribution in [3.63, 3.8) is 0 Å². The lowest BCUT2D eigenvalue weighted by Gasteiger charge is -2.16. The number of benzene rings is 1. The topological polar surface area (TPSA) is 99.2 Å². The van der Waals surface area contributed by atoms with Crippen molar-refractivity contribution in [3.8, 4) is 6.07 Å². The van der Waals surface area contributed by atoms with Crippen molar-refractivity contribution < 1.29 is 9.59 Å². The number of fused-ring (bicyclic) bond motifs is 1. The van der Waals surface area contributed by atoms with Gasteiger partial charge in [0.05, 0.1) is 12.5 Å². The molecule has 3 N–H and O–H groups in total. The number of nitrogen functional groups attached to an aromatic ring is 1. The highest BCUT2D eigenvalue weighted by molar-refractivity contribution is 6.05. The lowest BCUT2D eigenvalue weighted by atomic mass is 10.1. The summed E-state index contributed by atoms with van der Waals surface area (Å²) in [6, 6.07) is 6.97. The van der Waals surface area contributed by atoms with Crippen LogP contribution in [0.3, 0.4) is 0 Å². The van der Waals surface area contributed by atoms with E-state index in [1.165, 1.54) is 4.90 Å². The third kappa shape index (κ3) is 2.25. The normalized spacial score (nSPS) is 13.1. The third-order valence-electron chi connectivity index (χ3n) is 2.70. The molecule has 1 heterocycles. The molecule has 0 bridgehead atoms. The number of rotatable bonds is 3. The number of hydrogen-bond donors (Lipinski definition) is 2. The van der Waals surface area contributed by atoms with E-state index >= 15 is 0 Å². The molecule has 2 rings (SSSR count). The number of nitriles is 1. The number of carbonyl (C=O) groups excluding carboxylic acids is 2. The predicted molar refractivity (Wildman–Crippen MR) is 65.5 cm³/mol. The fourth-order valence-corrected chi connectivity index (χ4v) is 1.91. The Kier molecular flexibility index (Phi) is 3.15. The second-order valence-electron chi connectivity index (χ2n) is 3.98. The minimum Gasteiger partial charge on any atom is -0.399 e. The van der Waals surface area contributed by atoms with Crippen LogP contribution in [0.15, 0.2) is 18.2 Å². The van der Waals surface area contributed by atoms with Gasteiger partial charge in [0, 0.05) is 11.4 Å². The van der Waals surface area contributed by atoms with Crippen LogP contribution in [0.25, 0.3) is 0 Å². The zero-order valence-corrected chi connectivity index (χ0v) is 9.64. The van der Waals surface area contributed by atoms with E-state index in [2.05, 4.69) is 5.32 Å². The number of amides is 2. The van der Waals surface area contributed by atoms with Crippen LogP contribution in [0.1, 0.15) is 5.56 Å². The minimum atomic E-state index is -0.352. The molecule has 0 saturated carbocycles. The van der Waals surface area contributed by atoms with Gasteiger partial charge in [-0.05, 0) is 23.8 Å². The number of nitrogens with zero attached hydrogens (tertiary/aromatic N) is 2. The lowest BCUT2D eigenvalue weighted by molar-refractivity contribution is -0.123. The molecule has 0 atom stereocenters. The van der Waals surface area contributed by atoms with Gasteiger partial charge in [0.1, 0.15) is 13.1 Å². The van der Waals surface area contributed by atoms with Crippen molar-refractivity contribution in [2.24, 2.45) is 0 Å². The van der Waals surface area contributed by atoms with Crippen LogP contribution < -0.4 is 16.0 Å². The van der Waals surface area contributed by atoms with Crippen LogP contribution in [0.2, 0.25) is 0 Å². The average molecular weight is 244 g/mol. The molecule has 6 nitrogen and oxygen atoms in total. The molecule has 0 unspecified atom stereocenters. The Balaban J connectivity index is 2.14. The lowest BCUT2D eigenvalue weighted by Crippen LogP contribution is -2.39. The van der Waals surface area contributed by atoms with E-state index in [9.17, 15) is 9.59 Å². The Hall–Kier alpha value is -2.55. The number of nitrogens with one attached hydrogen (secondary N) is 1. The van der Waals surface area contributed by atoms with Crippen LogP contribution in [0, 0.1) is 11.3 Å². The second kappa shape index (κ2) is 4.75. The van der Waals surface area contributed by atoms with E-state index in [-0.39, 0.29) is 31.3 Å². The number of hydrogen-bond acceptors (Lipinski definition) is 4. The van der Waals surface area contributed by atoms with Crippen molar-refractivity contribution in [1.82, 2.24) is 5.32 Å². The van der Waals surface area contributed by atoms with Gasteiger partial charge in [-0.15, -0.1) is 0 Å². The van der Waals surface area contributed by atoms with Gasteiger partial charge in [0.15, 0.2) is 0 Å². The monoisotopic (exact) mass is 244 g/mol. The van der Waals surface area contributed by atoms with Gasteiger partial charge in [-0.25, -0.2) is 0 Å². The Labute approximate surface area is 104 Å². The summed E-state index contributed by atoms with van der Waals surface area (Å²) in [5.74, 6) is -0.489. The van der Waals surface area contributed by atoms with E-state index in [1.54, 1.807) is 18.2 Å². The molecule has 0 saturated heterocycles. The Morgan fingerprint density at radius 2 is 2.33 bits per heavy atom. The maximum atomic E-state index is 11.8. The SMILES string of the molecule is N#CCNC(=O)CN1C(=O)Cc2cc(N)ccc21. The quantitative estimate of drug-likeness (QED) is 0.568. The smallest absolute Gasteiger partial charge is 0.240 e. The van der Waals surface area contributed by atoms with Crippen molar-refractivity contribution in [3.05, 3.63) is 23.8 Å². The van der Waals surface area contributed by atoms with E-state index in [1.807, 2.05) is 6.07 Å². The van der Waals surface area contributed by atoms with Crippen molar-refractivity contribution in [1.29, 1.82) is 5.26 Å². The van der Waals surface area contributed by atoms with E-state index in [4.69, 9.17) is 11.0 Å². The maximum Gasteiger partial charge on any atom is 0.240 e. The molecule has 0 aromatic heterocycles. The van der Waals surface area contributed by atoms with Gasteiger partial charge in [0.2, 0.25) is 11.8 Å². The molecule has 0 aliphatic carbocycles. The first-order valence-corrected chi connectivity index (χ1v) is 5.44. The molecule has 18 heavy (non-hydrogen) atoms. The molecular formula is C12H12N4O2. The minimum absolute atomic E-state index is 0.0601. The van der Waals surface area contributed by atoms with Gasteiger partial charge in [-0.3, -0.25) is 9.59 Å². The molecule has 2 amide bonds. The average Bonchev–Trinajstić information content (AvgIpc) is 2.62. The standard InChI is InChI=1S/C12H12N4O2/c13-3-4-15-11(17)7-16-10-2-1-9(14)5-8(10)6-12(16)18/h1-2,5H,4,6-7,14H2,(H,15,17). The number of anilines is 2. The fraction of sp³-hybridized carbons (Fsp3) is 0.250. The first-order valence-electron chi connectivity index (χ1n) is 5.44. The highest BCUT2D eigenvalue weighted by Gasteiger charge is 2.28. The molecule has 1 aromatic carbocycles. The van der Waals surface area contributed by atoms with Crippen LogP contribution >= 0.6 is 0 Å². The third-order valence-corrected chi connectivity index (χ3v) is 2.70. The highest BCUT2D eigenvalue weighted by atomic mass is 16.2. The largest absolute Gasteiger partial charge is 0.399 e. The van der Waals surface area contributed by atoms with Crippen molar-refractivity contribution in [2.75, 3.05) is 23.7 Å². The molecule has 0 spiro atoms. The summed E-state index contributed by atoms with van der Waals surface area (Å²) in [7, 11) is 0. The summed E-state index contributed by atoms with van der Waals surface area (Å²) in [6.07, 6.45) is 0.256. The van der Waals surface area contributed by atoms with Crippen LogP contribution in [0.5, 0.6) is 0 Å². The predicted octanol–water partition coefficient (Wildman–Crippen LogP) is -0.202. The van der Waals surface area contributed by atoms with Crippen molar-refractivity contribution in [2.45, 2.75) is 6.42 Å². The second-order valence-corrected chi connectivity index (χ2v) is 3.98. The van der Waals surface area contributed by atoms with Crippen LogP contribution in [0.4, 0.5) is 11.4 Å². The zero-order chi connectivity index (χ0) is 13.1. The van der Waals surface area contributed by atoms with E-state index < -0.39 is 0 Å². The Bertz CT molecular complexity index is 547. The van der Waals surface area contributed by atoms with Gasteiger partial charge in [0.25, 0.3) is 0 Å². The molecule has 1 aliphatic rings. The Morgan fingerprint density at radius 1 is 1.56 bits per heavy atom. The summed E-state index contributed by atoms with van der Waals surface area (Å²) in [4.78, 5) is 24.7. The van der Waals surface area contributed by atoms with Gasteiger partial charge in [-0.2, -0.15) is 5.26 Å². The molecule has 92 valence electrons. The number of carbonyl (C=O) groups is 2. The fourth-order valence-electron chi connectivity index (χ4n) is 1.91. The van der Waals surface area contributed by atoms with Crippen LogP contribution in [-0.4, -0.2) is 24.9 Å². The summed E-state index contributed by atoms with van der Waals surface area (Å²) in [5, 5.41) is 10.8. The molecule has 0 radical (unpaired) electrons. The first kappa shape index (κ1) is 11.9. The summed E-state index contributed by atoms with van der Waals surface area (Å²) >= 11 is 0.